The van der Waals surface area contributed by atoms with Gasteiger partial charge >= 0.3 is 6.18 Å². The summed E-state index contributed by atoms with van der Waals surface area (Å²) in [5.41, 5.74) is 0.763. The molecule has 4 rings (SSSR count). The van der Waals surface area contributed by atoms with E-state index in [1.54, 1.807) is 36.7 Å². The number of aromatic nitrogens is 1. The van der Waals surface area contributed by atoms with Crippen molar-refractivity contribution in [3.05, 3.63) is 125 Å². The number of nitriles is 1. The van der Waals surface area contributed by atoms with E-state index < -0.39 is 23.5 Å². The standard InChI is InChI=1S/C28H17F4N3O/c29-25-12-9-19(15-21(25)16-33)23(18-7-10-22(11-8-18)28(30,31)32)4-2-6-27(36)35-26-5-1-3-20-17-34-14-13-24(20)26/h1-15,17H,(H,35,36)/b6-2+,23-4-. The first-order valence-electron chi connectivity index (χ1n) is 10.7. The van der Waals surface area contributed by atoms with E-state index in [2.05, 4.69) is 10.3 Å². The Morgan fingerprint density at radius 1 is 1.00 bits per heavy atom. The maximum absolute atomic E-state index is 13.9. The van der Waals surface area contributed by atoms with E-state index in [0.29, 0.717) is 22.4 Å². The van der Waals surface area contributed by atoms with Crippen molar-refractivity contribution >= 4 is 27.9 Å². The molecule has 1 N–H and O–H groups in total. The zero-order chi connectivity index (χ0) is 25.7. The molecule has 0 radical (unpaired) electrons. The van der Waals surface area contributed by atoms with Crippen molar-refractivity contribution in [2.75, 3.05) is 5.32 Å². The van der Waals surface area contributed by atoms with Gasteiger partial charge in [0, 0.05) is 34.9 Å². The molecule has 0 aliphatic rings. The lowest BCUT2D eigenvalue weighted by molar-refractivity contribution is -0.137. The number of anilines is 1. The number of hydrogen-bond acceptors (Lipinski definition) is 3. The number of halogens is 4. The highest BCUT2D eigenvalue weighted by atomic mass is 19.4. The molecule has 3 aromatic carbocycles. The number of alkyl halides is 3. The molecule has 0 unspecified atom stereocenters. The molecule has 0 saturated carbocycles. The molecular formula is C28H17F4N3O. The topological polar surface area (TPSA) is 65.8 Å². The van der Waals surface area contributed by atoms with E-state index >= 15 is 0 Å². The average molecular weight is 487 g/mol. The van der Waals surface area contributed by atoms with Gasteiger partial charge in [0.25, 0.3) is 0 Å². The lowest BCUT2D eigenvalue weighted by atomic mass is 9.95. The number of allylic oxidation sites excluding steroid dienone is 2. The third kappa shape index (κ3) is 5.47. The lowest BCUT2D eigenvalue weighted by Crippen LogP contribution is -2.08. The predicted molar refractivity (Wildman–Crippen MR) is 129 cm³/mol. The molecule has 36 heavy (non-hydrogen) atoms. The van der Waals surface area contributed by atoms with Crippen LogP contribution in [0.1, 0.15) is 22.3 Å². The van der Waals surface area contributed by atoms with Crippen molar-refractivity contribution in [1.82, 2.24) is 4.98 Å². The van der Waals surface area contributed by atoms with Crippen molar-refractivity contribution in [2.24, 2.45) is 0 Å². The largest absolute Gasteiger partial charge is 0.416 e. The van der Waals surface area contributed by atoms with Gasteiger partial charge in [-0.2, -0.15) is 18.4 Å². The maximum Gasteiger partial charge on any atom is 0.416 e. The molecule has 0 saturated heterocycles. The fourth-order valence-corrected chi connectivity index (χ4v) is 3.61. The van der Waals surface area contributed by atoms with Crippen LogP contribution in [0.25, 0.3) is 16.3 Å². The second-order valence-electron chi connectivity index (χ2n) is 7.71. The number of benzene rings is 3. The molecule has 1 heterocycles. The Morgan fingerprint density at radius 2 is 1.75 bits per heavy atom. The normalized spacial score (nSPS) is 12.0. The Labute approximate surface area is 203 Å². The van der Waals surface area contributed by atoms with Gasteiger partial charge in [0.05, 0.1) is 11.1 Å². The Bertz CT molecular complexity index is 1530. The van der Waals surface area contributed by atoms with Crippen LogP contribution in [0, 0.1) is 17.1 Å². The summed E-state index contributed by atoms with van der Waals surface area (Å²) in [5.74, 6) is -1.15. The van der Waals surface area contributed by atoms with Gasteiger partial charge in [-0.05, 0) is 53.1 Å². The van der Waals surface area contributed by atoms with Crippen molar-refractivity contribution < 1.29 is 22.4 Å². The van der Waals surface area contributed by atoms with Gasteiger partial charge in [-0.3, -0.25) is 9.78 Å². The van der Waals surface area contributed by atoms with Crippen LogP contribution < -0.4 is 5.32 Å². The van der Waals surface area contributed by atoms with Crippen LogP contribution in [0.5, 0.6) is 0 Å². The van der Waals surface area contributed by atoms with Gasteiger partial charge in [-0.15, -0.1) is 0 Å². The smallest absolute Gasteiger partial charge is 0.322 e. The molecule has 0 bridgehead atoms. The van der Waals surface area contributed by atoms with Crippen molar-refractivity contribution in [3.63, 3.8) is 0 Å². The van der Waals surface area contributed by atoms with E-state index in [1.165, 1.54) is 42.5 Å². The molecule has 0 atom stereocenters. The third-order valence-corrected chi connectivity index (χ3v) is 5.37. The average Bonchev–Trinajstić information content (AvgIpc) is 2.87. The zero-order valence-corrected chi connectivity index (χ0v) is 18.6. The molecule has 0 aliphatic heterocycles. The number of nitrogens with zero attached hydrogens (tertiary/aromatic N) is 2. The second kappa shape index (κ2) is 10.2. The van der Waals surface area contributed by atoms with Gasteiger partial charge in [-0.25, -0.2) is 4.39 Å². The molecular weight excluding hydrogens is 470 g/mol. The number of nitrogens with one attached hydrogen (secondary N) is 1. The predicted octanol–water partition coefficient (Wildman–Crippen LogP) is 6.89. The molecule has 0 fully saturated rings. The molecule has 1 amide bonds. The molecule has 1 aromatic heterocycles. The number of rotatable bonds is 5. The number of pyridine rings is 1. The Morgan fingerprint density at radius 3 is 2.47 bits per heavy atom. The number of carbonyl (C=O) groups excluding carboxylic acids is 1. The quantitative estimate of drug-likeness (QED) is 0.189. The maximum atomic E-state index is 13.9. The van der Waals surface area contributed by atoms with E-state index in [0.717, 1.165) is 29.0 Å². The molecule has 0 aliphatic carbocycles. The summed E-state index contributed by atoms with van der Waals surface area (Å²) in [4.78, 5) is 16.6. The minimum Gasteiger partial charge on any atom is -0.322 e. The number of carbonyl (C=O) groups is 1. The number of fused-ring (bicyclic) bond motifs is 1. The van der Waals surface area contributed by atoms with Crippen molar-refractivity contribution in [1.29, 1.82) is 5.26 Å². The van der Waals surface area contributed by atoms with Gasteiger partial charge in [0.2, 0.25) is 5.91 Å². The molecule has 4 nitrogen and oxygen atoms in total. The highest BCUT2D eigenvalue weighted by Gasteiger charge is 2.30. The second-order valence-corrected chi connectivity index (χ2v) is 7.71. The van der Waals surface area contributed by atoms with Gasteiger partial charge < -0.3 is 5.32 Å². The van der Waals surface area contributed by atoms with Crippen LogP contribution in [0.2, 0.25) is 0 Å². The zero-order valence-electron chi connectivity index (χ0n) is 18.6. The van der Waals surface area contributed by atoms with Gasteiger partial charge in [0.1, 0.15) is 11.9 Å². The van der Waals surface area contributed by atoms with E-state index in [9.17, 15) is 27.6 Å². The van der Waals surface area contributed by atoms with E-state index in [1.807, 2.05) is 6.07 Å². The minimum absolute atomic E-state index is 0.211. The summed E-state index contributed by atoms with van der Waals surface area (Å²) in [7, 11) is 0. The summed E-state index contributed by atoms with van der Waals surface area (Å²) in [6, 6.07) is 17.2. The van der Waals surface area contributed by atoms with Gasteiger partial charge in [-0.1, -0.05) is 42.5 Å². The number of amides is 1. The third-order valence-electron chi connectivity index (χ3n) is 5.37. The highest BCUT2D eigenvalue weighted by molar-refractivity contribution is 6.06. The van der Waals surface area contributed by atoms with Crippen LogP contribution in [0.3, 0.4) is 0 Å². The fourth-order valence-electron chi connectivity index (χ4n) is 3.61. The molecule has 8 heteroatoms. The first kappa shape index (κ1) is 24.4. The van der Waals surface area contributed by atoms with Crippen LogP contribution >= 0.6 is 0 Å². The van der Waals surface area contributed by atoms with E-state index in [4.69, 9.17) is 0 Å². The summed E-state index contributed by atoms with van der Waals surface area (Å²) in [6.45, 7) is 0. The Hall–Kier alpha value is -4.77. The summed E-state index contributed by atoms with van der Waals surface area (Å²) >= 11 is 0. The number of hydrogen-bond donors (Lipinski definition) is 1. The Kier molecular flexibility index (Phi) is 6.93. The molecule has 0 spiro atoms. The first-order chi connectivity index (χ1) is 17.3. The summed E-state index contributed by atoms with van der Waals surface area (Å²) in [6.07, 6.45) is 3.01. The monoisotopic (exact) mass is 487 g/mol. The van der Waals surface area contributed by atoms with Crippen LogP contribution in [-0.4, -0.2) is 10.9 Å². The summed E-state index contributed by atoms with van der Waals surface area (Å²) in [5, 5.41) is 13.6. The fraction of sp³-hybridized carbons (Fsp3) is 0.0357. The van der Waals surface area contributed by atoms with E-state index in [-0.39, 0.29) is 5.56 Å². The lowest BCUT2D eigenvalue weighted by Gasteiger charge is -2.11. The molecule has 178 valence electrons. The van der Waals surface area contributed by atoms with Crippen LogP contribution in [-0.2, 0) is 11.0 Å². The van der Waals surface area contributed by atoms with Crippen LogP contribution in [0.4, 0.5) is 23.2 Å². The van der Waals surface area contributed by atoms with Crippen molar-refractivity contribution in [3.8, 4) is 6.07 Å². The molecule has 4 aromatic rings. The van der Waals surface area contributed by atoms with Crippen LogP contribution in [0.15, 0.2) is 97.4 Å². The highest BCUT2D eigenvalue weighted by Crippen LogP contribution is 2.32. The first-order valence-corrected chi connectivity index (χ1v) is 10.7. The van der Waals surface area contributed by atoms with Gasteiger partial charge in [0.15, 0.2) is 0 Å². The summed E-state index contributed by atoms with van der Waals surface area (Å²) < 4.78 is 52.9. The van der Waals surface area contributed by atoms with Crippen molar-refractivity contribution in [2.45, 2.75) is 6.18 Å². The SMILES string of the molecule is N#Cc1cc(/C(=C\C=C\C(=O)Nc2cccc3cnccc23)c2ccc(C(F)(F)F)cc2)ccc1F. The Balaban J connectivity index is 1.66. The minimum atomic E-state index is -4.50.